The van der Waals surface area contributed by atoms with Crippen LogP contribution in [0, 0.1) is 28.6 Å². The summed E-state index contributed by atoms with van der Waals surface area (Å²) < 4.78 is 17.5. The Morgan fingerprint density at radius 1 is 1.28 bits per heavy atom. The van der Waals surface area contributed by atoms with Crippen molar-refractivity contribution in [1.29, 1.82) is 0 Å². The number of carbonyl (C=O) groups excluding carboxylic acids is 2. The van der Waals surface area contributed by atoms with E-state index in [1.807, 2.05) is 6.08 Å². The minimum atomic E-state index is -1.90. The van der Waals surface area contributed by atoms with Crippen molar-refractivity contribution in [3.05, 3.63) is 12.7 Å². The Kier molecular flexibility index (Phi) is 8.14. The van der Waals surface area contributed by atoms with Crippen LogP contribution in [0.15, 0.2) is 12.7 Å². The summed E-state index contributed by atoms with van der Waals surface area (Å²) in [6, 6.07) is 0. The molecule has 1 saturated heterocycles. The molecule has 0 spiro atoms. The number of hydrogen-bond donors (Lipinski definition) is 0. The van der Waals surface area contributed by atoms with Crippen LogP contribution in [0.4, 0.5) is 0 Å². The average molecular weight is 467 g/mol. The molecule has 0 aromatic carbocycles. The first kappa shape index (κ1) is 27.1. The van der Waals surface area contributed by atoms with Crippen molar-refractivity contribution in [2.75, 3.05) is 13.7 Å². The van der Waals surface area contributed by atoms with E-state index >= 15 is 0 Å². The topological polar surface area (TPSA) is 61.8 Å². The molecule has 1 saturated carbocycles. The highest BCUT2D eigenvalue weighted by Gasteiger charge is 2.61. The third-order valence-corrected chi connectivity index (χ3v) is 13.5. The van der Waals surface area contributed by atoms with Crippen molar-refractivity contribution in [3.8, 4) is 0 Å². The van der Waals surface area contributed by atoms with Crippen molar-refractivity contribution in [2.24, 2.45) is 28.6 Å². The van der Waals surface area contributed by atoms with Gasteiger partial charge in [0.15, 0.2) is 8.32 Å². The zero-order valence-corrected chi connectivity index (χ0v) is 22.9. The minimum Gasteiger partial charge on any atom is -0.469 e. The second kappa shape index (κ2) is 9.61. The number of carbonyl (C=O) groups is 2. The van der Waals surface area contributed by atoms with Crippen molar-refractivity contribution in [2.45, 2.75) is 97.9 Å². The summed E-state index contributed by atoms with van der Waals surface area (Å²) in [5, 5.41) is 0.136. The minimum absolute atomic E-state index is 0.101. The third-order valence-electron chi connectivity index (χ3n) is 9.04. The molecule has 2 aliphatic rings. The smallest absolute Gasteiger partial charge is 0.310 e. The largest absolute Gasteiger partial charge is 0.469 e. The van der Waals surface area contributed by atoms with Gasteiger partial charge in [-0.1, -0.05) is 47.6 Å². The molecule has 6 atom stereocenters. The van der Waals surface area contributed by atoms with Gasteiger partial charge in [0.25, 0.3) is 0 Å². The van der Waals surface area contributed by atoms with Crippen LogP contribution in [0.2, 0.25) is 18.1 Å². The quantitative estimate of drug-likeness (QED) is 0.232. The van der Waals surface area contributed by atoms with Crippen LogP contribution in [0.5, 0.6) is 0 Å². The van der Waals surface area contributed by atoms with Gasteiger partial charge in [-0.2, -0.15) is 0 Å². The molecule has 0 aromatic heterocycles. The predicted octanol–water partition coefficient (Wildman–Crippen LogP) is 6.14. The highest BCUT2D eigenvalue weighted by Crippen LogP contribution is 2.58. The fourth-order valence-corrected chi connectivity index (χ4v) is 6.35. The highest BCUT2D eigenvalue weighted by atomic mass is 28.4. The standard InChI is InChI=1S/C26H46O5Si/c1-11-25(6,17-30-32(9,10)24(3,4)5)16-20-26(7)18(2)12-13-19(14-15-21(27)29-8)22(26)23(28)31-20/h11,18-20,22H,1,12-17H2,2-10H3/t18-,19+,20?,22-,25-,26+/m1/s1. The lowest BCUT2D eigenvalue weighted by atomic mass is 9.55. The van der Waals surface area contributed by atoms with Crippen LogP contribution in [0.3, 0.4) is 0 Å². The van der Waals surface area contributed by atoms with Crippen LogP contribution >= 0.6 is 0 Å². The number of esters is 2. The van der Waals surface area contributed by atoms with Crippen molar-refractivity contribution in [3.63, 3.8) is 0 Å². The molecule has 0 amide bonds. The van der Waals surface area contributed by atoms with E-state index in [1.54, 1.807) is 0 Å². The number of fused-ring (bicyclic) bond motifs is 1. The molecule has 0 N–H and O–H groups in total. The van der Waals surface area contributed by atoms with Crippen LogP contribution < -0.4 is 0 Å². The van der Waals surface area contributed by atoms with Gasteiger partial charge in [0, 0.05) is 23.9 Å². The van der Waals surface area contributed by atoms with Gasteiger partial charge in [-0.3, -0.25) is 9.59 Å². The Labute approximate surface area is 196 Å². The van der Waals surface area contributed by atoms with Crippen LogP contribution in [0.1, 0.15) is 73.6 Å². The molecule has 1 aliphatic carbocycles. The van der Waals surface area contributed by atoms with E-state index in [2.05, 4.69) is 61.2 Å². The summed E-state index contributed by atoms with van der Waals surface area (Å²) in [4.78, 5) is 24.9. The van der Waals surface area contributed by atoms with E-state index in [9.17, 15) is 9.59 Å². The van der Waals surface area contributed by atoms with E-state index in [4.69, 9.17) is 13.9 Å². The van der Waals surface area contributed by atoms with E-state index in [-0.39, 0.29) is 45.7 Å². The molecule has 0 radical (unpaired) electrons. The lowest BCUT2D eigenvalue weighted by Gasteiger charge is -2.47. The molecule has 1 unspecified atom stereocenters. The first-order valence-electron chi connectivity index (χ1n) is 12.2. The van der Waals surface area contributed by atoms with Gasteiger partial charge in [-0.05, 0) is 55.7 Å². The van der Waals surface area contributed by atoms with Gasteiger partial charge < -0.3 is 13.9 Å². The maximum atomic E-state index is 13.1. The Morgan fingerprint density at radius 2 is 1.91 bits per heavy atom. The fraction of sp³-hybridized carbons (Fsp3) is 0.846. The Morgan fingerprint density at radius 3 is 2.44 bits per heavy atom. The Bertz CT molecular complexity index is 711. The summed E-state index contributed by atoms with van der Waals surface area (Å²) in [5.74, 6) is 0.0437. The zero-order chi connectivity index (χ0) is 24.5. The molecule has 32 heavy (non-hydrogen) atoms. The number of methoxy groups -OCH3 is 1. The molecule has 1 aliphatic heterocycles. The van der Waals surface area contributed by atoms with Crippen LogP contribution in [0.25, 0.3) is 0 Å². The van der Waals surface area contributed by atoms with E-state index < -0.39 is 8.32 Å². The lowest BCUT2D eigenvalue weighted by molar-refractivity contribution is -0.147. The van der Waals surface area contributed by atoms with Crippen LogP contribution in [-0.2, 0) is 23.5 Å². The fourth-order valence-electron chi connectivity index (χ4n) is 5.23. The maximum Gasteiger partial charge on any atom is 0.310 e. The first-order valence-corrected chi connectivity index (χ1v) is 15.1. The van der Waals surface area contributed by atoms with Gasteiger partial charge in [-0.25, -0.2) is 0 Å². The monoisotopic (exact) mass is 466 g/mol. The van der Waals surface area contributed by atoms with Gasteiger partial charge in [-0.15, -0.1) is 6.58 Å². The molecule has 2 fully saturated rings. The molecule has 2 rings (SSSR count). The summed E-state index contributed by atoms with van der Waals surface area (Å²) in [5.41, 5.74) is -0.533. The number of rotatable bonds is 9. The second-order valence-electron chi connectivity index (χ2n) is 12.2. The summed E-state index contributed by atoms with van der Waals surface area (Å²) in [7, 11) is -0.489. The number of ether oxygens (including phenoxy) is 2. The third kappa shape index (κ3) is 5.32. The second-order valence-corrected chi connectivity index (χ2v) is 17.0. The van der Waals surface area contributed by atoms with Crippen molar-refractivity contribution >= 4 is 20.3 Å². The van der Waals surface area contributed by atoms with Crippen molar-refractivity contribution in [1.82, 2.24) is 0 Å². The molecule has 0 bridgehead atoms. The zero-order valence-electron chi connectivity index (χ0n) is 21.9. The van der Waals surface area contributed by atoms with Gasteiger partial charge in [0.1, 0.15) is 6.10 Å². The summed E-state index contributed by atoms with van der Waals surface area (Å²) >= 11 is 0. The molecule has 6 heteroatoms. The molecule has 0 aromatic rings. The van der Waals surface area contributed by atoms with E-state index in [0.29, 0.717) is 31.8 Å². The Balaban J connectivity index is 2.21. The van der Waals surface area contributed by atoms with Gasteiger partial charge >= 0.3 is 11.9 Å². The van der Waals surface area contributed by atoms with Gasteiger partial charge in [0.2, 0.25) is 0 Å². The molecular formula is C26H46O5Si. The van der Waals surface area contributed by atoms with Crippen molar-refractivity contribution < 1.29 is 23.5 Å². The first-order chi connectivity index (χ1) is 14.6. The van der Waals surface area contributed by atoms with Gasteiger partial charge in [0.05, 0.1) is 13.0 Å². The molecule has 1 heterocycles. The average Bonchev–Trinajstić information content (AvgIpc) is 2.96. The molecule has 5 nitrogen and oxygen atoms in total. The van der Waals surface area contributed by atoms with E-state index in [0.717, 1.165) is 12.8 Å². The van der Waals surface area contributed by atoms with Crippen LogP contribution in [-0.4, -0.2) is 40.1 Å². The summed E-state index contributed by atoms with van der Waals surface area (Å²) in [6.07, 6.45) is 5.52. The highest BCUT2D eigenvalue weighted by molar-refractivity contribution is 6.74. The Hall–Kier alpha value is -1.14. The lowest BCUT2D eigenvalue weighted by Crippen LogP contribution is -2.48. The predicted molar refractivity (Wildman–Crippen MR) is 131 cm³/mol. The number of cyclic esters (lactones) is 1. The normalized spacial score (nSPS) is 32.6. The maximum absolute atomic E-state index is 13.1. The molecular weight excluding hydrogens is 420 g/mol. The van der Waals surface area contributed by atoms with E-state index in [1.165, 1.54) is 7.11 Å². The SMILES string of the molecule is C=C[C@@](C)(CO[Si](C)(C)C(C)(C)C)CC1OC(=O)[C@H]2[C@H](CCC(=O)OC)CC[C@@H](C)[C@@]12C. The summed E-state index contributed by atoms with van der Waals surface area (Å²) in [6.45, 7) is 22.6. The number of hydrogen-bond acceptors (Lipinski definition) is 5. The molecule has 184 valence electrons.